The molecule has 2 aliphatic heterocycles. The molecule has 1 amide bonds. The van der Waals surface area contributed by atoms with E-state index in [-0.39, 0.29) is 22.8 Å². The summed E-state index contributed by atoms with van der Waals surface area (Å²) in [5.74, 6) is 0.936. The van der Waals surface area contributed by atoms with Crippen LogP contribution >= 0.6 is 11.6 Å². The average Bonchev–Trinajstić information content (AvgIpc) is 3.19. The van der Waals surface area contributed by atoms with Crippen molar-refractivity contribution in [3.63, 3.8) is 0 Å². The molecule has 0 unspecified atom stereocenters. The second-order valence-corrected chi connectivity index (χ2v) is 8.41. The molecule has 1 aromatic carbocycles. The molecule has 0 N–H and O–H groups in total. The van der Waals surface area contributed by atoms with Gasteiger partial charge in [-0.3, -0.25) is 9.63 Å². The van der Waals surface area contributed by atoms with Gasteiger partial charge >= 0.3 is 6.18 Å². The van der Waals surface area contributed by atoms with Crippen LogP contribution in [0.2, 0.25) is 5.02 Å². The van der Waals surface area contributed by atoms with Gasteiger partial charge in [0, 0.05) is 45.8 Å². The Bertz CT molecular complexity index is 997. The molecule has 1 aromatic heterocycles. The van der Waals surface area contributed by atoms with Gasteiger partial charge < -0.3 is 14.5 Å². The normalized spacial score (nSPS) is 22.0. The van der Waals surface area contributed by atoms with E-state index in [4.69, 9.17) is 21.2 Å². The minimum atomic E-state index is -4.50. The Kier molecular flexibility index (Phi) is 6.69. The molecule has 0 aliphatic carbocycles. The number of alkyl halides is 3. The fraction of sp³-hybridized carbons (Fsp3) is 0.455. The number of amides is 1. The molecule has 11 heteroatoms. The van der Waals surface area contributed by atoms with Crippen molar-refractivity contribution >= 4 is 23.3 Å². The first kappa shape index (κ1) is 23.6. The molecule has 0 saturated carbocycles. The van der Waals surface area contributed by atoms with Gasteiger partial charge in [-0.25, -0.2) is 4.98 Å². The minimum absolute atomic E-state index is 0.0544. The maximum absolute atomic E-state index is 13.1. The van der Waals surface area contributed by atoms with Gasteiger partial charge in [-0.15, -0.1) is 0 Å². The molecule has 2 fully saturated rings. The maximum Gasteiger partial charge on any atom is 0.417 e. The number of aromatic nitrogens is 1. The number of carbonyl (C=O) groups is 1. The number of anilines is 1. The predicted molar refractivity (Wildman–Crippen MR) is 116 cm³/mol. The van der Waals surface area contributed by atoms with E-state index >= 15 is 0 Å². The van der Waals surface area contributed by atoms with E-state index in [1.165, 1.54) is 0 Å². The Morgan fingerprint density at radius 1 is 1.18 bits per heavy atom. The summed E-state index contributed by atoms with van der Waals surface area (Å²) in [6.45, 7) is 1.62. The van der Waals surface area contributed by atoms with Crippen molar-refractivity contribution < 1.29 is 27.5 Å². The molecule has 7 nitrogen and oxygen atoms in total. The summed E-state index contributed by atoms with van der Waals surface area (Å²) in [5, 5.41) is 1.64. The van der Waals surface area contributed by atoms with E-state index in [9.17, 15) is 18.0 Å². The van der Waals surface area contributed by atoms with Crippen LogP contribution in [0.4, 0.5) is 19.0 Å². The number of halogens is 4. The van der Waals surface area contributed by atoms with E-state index in [1.807, 2.05) is 24.3 Å². The smallest absolute Gasteiger partial charge is 0.417 e. The molecule has 4 rings (SSSR count). The topological polar surface area (TPSA) is 58.1 Å². The van der Waals surface area contributed by atoms with Crippen molar-refractivity contribution in [1.82, 2.24) is 14.9 Å². The number of rotatable bonds is 4. The Morgan fingerprint density at radius 2 is 1.85 bits per heavy atom. The van der Waals surface area contributed by atoms with Gasteiger partial charge in [0.2, 0.25) is 0 Å². The van der Waals surface area contributed by atoms with Gasteiger partial charge in [0.15, 0.2) is 6.10 Å². The van der Waals surface area contributed by atoms with Crippen molar-refractivity contribution in [2.24, 2.45) is 0 Å². The summed E-state index contributed by atoms with van der Waals surface area (Å²) in [7, 11) is 3.41. The zero-order valence-corrected chi connectivity index (χ0v) is 18.9. The minimum Gasteiger partial charge on any atom is -0.497 e. The molecule has 0 spiro atoms. The third-order valence-corrected chi connectivity index (χ3v) is 6.26. The van der Waals surface area contributed by atoms with E-state index in [1.54, 1.807) is 29.0 Å². The van der Waals surface area contributed by atoms with E-state index in [0.29, 0.717) is 32.6 Å². The molecule has 178 valence electrons. The van der Waals surface area contributed by atoms with Crippen molar-refractivity contribution in [3.8, 4) is 5.75 Å². The maximum atomic E-state index is 13.1. The lowest BCUT2D eigenvalue weighted by Crippen LogP contribution is -2.51. The fourth-order valence-corrected chi connectivity index (χ4v) is 4.43. The Labute approximate surface area is 194 Å². The van der Waals surface area contributed by atoms with Crippen LogP contribution in [0.5, 0.6) is 5.75 Å². The number of ether oxygens (including phenoxy) is 1. The highest BCUT2D eigenvalue weighted by atomic mass is 35.5. The third kappa shape index (κ3) is 5.02. The van der Waals surface area contributed by atoms with Crippen LogP contribution < -0.4 is 9.64 Å². The van der Waals surface area contributed by atoms with E-state index in [0.717, 1.165) is 23.6 Å². The van der Waals surface area contributed by atoms with Gasteiger partial charge in [0.05, 0.1) is 23.7 Å². The SMILES string of the molecule is COc1ccc([C@@H]2C[C@H](C(=O)N3CCN(c4ncc(C(F)(F)F)cc4Cl)CC3)ON2C)cc1. The predicted octanol–water partition coefficient (Wildman–Crippen LogP) is 3.79. The molecule has 3 heterocycles. The zero-order valence-electron chi connectivity index (χ0n) is 18.2. The first-order chi connectivity index (χ1) is 15.7. The number of hydrogen-bond acceptors (Lipinski definition) is 6. The van der Waals surface area contributed by atoms with E-state index < -0.39 is 17.8 Å². The number of nitrogens with zero attached hydrogens (tertiary/aromatic N) is 4. The number of hydroxylamine groups is 2. The Morgan fingerprint density at radius 3 is 2.42 bits per heavy atom. The lowest BCUT2D eigenvalue weighted by atomic mass is 10.0. The number of methoxy groups -OCH3 is 1. The molecule has 33 heavy (non-hydrogen) atoms. The van der Waals surface area contributed by atoms with E-state index in [2.05, 4.69) is 4.98 Å². The fourth-order valence-electron chi connectivity index (χ4n) is 4.15. The summed E-state index contributed by atoms with van der Waals surface area (Å²) in [6, 6.07) is 8.48. The second kappa shape index (κ2) is 9.36. The van der Waals surface area contributed by atoms with Crippen LogP contribution in [0.1, 0.15) is 23.6 Å². The number of hydrogen-bond donors (Lipinski definition) is 0. The van der Waals surface area contributed by atoms with Crippen LogP contribution in [0.15, 0.2) is 36.5 Å². The zero-order chi connectivity index (χ0) is 23.8. The lowest BCUT2D eigenvalue weighted by Gasteiger charge is -2.36. The molecule has 0 bridgehead atoms. The Hall–Kier alpha value is -2.56. The first-order valence-electron chi connectivity index (χ1n) is 10.5. The van der Waals surface area contributed by atoms with Gasteiger partial charge in [-0.2, -0.15) is 18.2 Å². The monoisotopic (exact) mass is 484 g/mol. The summed E-state index contributed by atoms with van der Waals surface area (Å²) in [6.07, 6.45) is -3.80. The molecule has 2 atom stereocenters. The third-order valence-electron chi connectivity index (χ3n) is 5.99. The van der Waals surface area contributed by atoms with Gasteiger partial charge in [-0.1, -0.05) is 23.7 Å². The molecule has 2 aromatic rings. The van der Waals surface area contributed by atoms with Crippen molar-refractivity contribution in [2.45, 2.75) is 24.7 Å². The molecule has 0 radical (unpaired) electrons. The van der Waals surface area contributed by atoms with Crippen LogP contribution in [-0.2, 0) is 15.8 Å². The van der Waals surface area contributed by atoms with Crippen molar-refractivity contribution in [2.75, 3.05) is 45.2 Å². The van der Waals surface area contributed by atoms with Crippen molar-refractivity contribution in [3.05, 3.63) is 52.7 Å². The summed E-state index contributed by atoms with van der Waals surface area (Å²) in [4.78, 5) is 26.3. The van der Waals surface area contributed by atoms with Crippen molar-refractivity contribution in [1.29, 1.82) is 0 Å². The van der Waals surface area contributed by atoms with Crippen LogP contribution in [-0.4, -0.2) is 67.3 Å². The van der Waals surface area contributed by atoms with Crippen LogP contribution in [0, 0.1) is 0 Å². The standard InChI is InChI=1S/C22H24ClF3N4O3/c1-28-18(14-3-5-16(32-2)6-4-14)12-19(33-28)21(31)30-9-7-29(8-10-30)20-17(23)11-15(13-27-20)22(24,25)26/h3-6,11,13,18-19H,7-10,12H2,1-2H3/t18-,19+/m0/s1. The Balaban J connectivity index is 1.36. The molecule has 2 saturated heterocycles. The quantitative estimate of drug-likeness (QED) is 0.658. The first-order valence-corrected chi connectivity index (χ1v) is 10.8. The highest BCUT2D eigenvalue weighted by molar-refractivity contribution is 6.33. The number of carbonyl (C=O) groups excluding carboxylic acids is 1. The van der Waals surface area contributed by atoms with Gasteiger partial charge in [-0.05, 0) is 23.8 Å². The number of benzene rings is 1. The molecule has 2 aliphatic rings. The summed E-state index contributed by atoms with van der Waals surface area (Å²) >= 11 is 6.06. The second-order valence-electron chi connectivity index (χ2n) is 8.00. The average molecular weight is 485 g/mol. The number of piperazine rings is 1. The van der Waals surface area contributed by atoms with Gasteiger partial charge in [0.1, 0.15) is 11.6 Å². The van der Waals surface area contributed by atoms with Crippen LogP contribution in [0.3, 0.4) is 0 Å². The highest BCUT2D eigenvalue weighted by Gasteiger charge is 2.39. The molecular formula is C22H24ClF3N4O3. The lowest BCUT2D eigenvalue weighted by molar-refractivity contribution is -0.171. The van der Waals surface area contributed by atoms with Crippen LogP contribution in [0.25, 0.3) is 0 Å². The van der Waals surface area contributed by atoms with Gasteiger partial charge in [0.25, 0.3) is 5.91 Å². The largest absolute Gasteiger partial charge is 0.497 e. The number of pyridine rings is 1. The summed E-state index contributed by atoms with van der Waals surface area (Å²) < 4.78 is 43.7. The summed E-state index contributed by atoms with van der Waals surface area (Å²) in [5.41, 5.74) is 0.139. The highest BCUT2D eigenvalue weighted by Crippen LogP contribution is 2.35. The molecular weight excluding hydrogens is 461 g/mol.